The zero-order valence-electron chi connectivity index (χ0n) is 13.2. The van der Waals surface area contributed by atoms with Gasteiger partial charge in [-0.1, -0.05) is 12.1 Å². The molecule has 0 aliphatic heterocycles. The van der Waals surface area contributed by atoms with Gasteiger partial charge in [0.15, 0.2) is 0 Å². The summed E-state index contributed by atoms with van der Waals surface area (Å²) in [4.78, 5) is 27.1. The normalized spacial score (nSPS) is 11.5. The highest BCUT2D eigenvalue weighted by Crippen LogP contribution is 2.30. The number of carbonyl (C=O) groups excluding carboxylic acids is 1. The number of benzene rings is 2. The topological polar surface area (TPSA) is 62.0 Å². The van der Waals surface area contributed by atoms with E-state index in [1.165, 1.54) is 24.3 Å². The summed E-state index contributed by atoms with van der Waals surface area (Å²) >= 11 is 0. The summed E-state index contributed by atoms with van der Waals surface area (Å²) < 4.78 is 51.0. The molecule has 26 heavy (non-hydrogen) atoms. The van der Waals surface area contributed by atoms with Gasteiger partial charge < -0.3 is 10.3 Å². The Morgan fingerprint density at radius 3 is 2.42 bits per heavy atom. The zero-order chi connectivity index (χ0) is 18.9. The number of alkyl halides is 3. The van der Waals surface area contributed by atoms with Crippen LogP contribution >= 0.6 is 0 Å². The van der Waals surface area contributed by atoms with Gasteiger partial charge in [0.25, 0.3) is 5.91 Å². The van der Waals surface area contributed by atoms with Gasteiger partial charge in [-0.3, -0.25) is 9.59 Å². The van der Waals surface area contributed by atoms with Crippen molar-refractivity contribution in [2.45, 2.75) is 12.7 Å². The largest absolute Gasteiger partial charge is 0.416 e. The molecular formula is C18H12F4N2O2. The monoisotopic (exact) mass is 364 g/mol. The van der Waals surface area contributed by atoms with Gasteiger partial charge >= 0.3 is 6.18 Å². The molecule has 0 atom stereocenters. The maximum absolute atomic E-state index is 12.9. The molecule has 0 radical (unpaired) electrons. The number of H-pyrrole nitrogens is 1. The van der Waals surface area contributed by atoms with Gasteiger partial charge in [0.2, 0.25) is 5.43 Å². The van der Waals surface area contributed by atoms with Crippen LogP contribution < -0.4 is 10.7 Å². The molecule has 2 N–H and O–H groups in total. The van der Waals surface area contributed by atoms with Crippen molar-refractivity contribution in [3.8, 4) is 0 Å². The van der Waals surface area contributed by atoms with Crippen LogP contribution in [0.2, 0.25) is 0 Å². The van der Waals surface area contributed by atoms with E-state index in [9.17, 15) is 27.2 Å². The lowest BCUT2D eigenvalue weighted by Crippen LogP contribution is -2.28. The first-order valence-corrected chi connectivity index (χ1v) is 7.51. The summed E-state index contributed by atoms with van der Waals surface area (Å²) in [6.45, 7) is 0.0730. The summed E-state index contributed by atoms with van der Waals surface area (Å²) in [5.74, 6) is -1.10. The number of halogens is 4. The van der Waals surface area contributed by atoms with Crippen molar-refractivity contribution in [3.05, 3.63) is 81.4 Å². The number of nitrogens with one attached hydrogen (secondary N) is 2. The van der Waals surface area contributed by atoms with Crippen LogP contribution in [0.25, 0.3) is 10.9 Å². The standard InChI is InChI=1S/C18H12F4N2O2/c19-12-4-1-10(2-5-12)8-24-17(26)14-9-23-15-7-11(18(20,21)22)3-6-13(15)16(14)25/h1-7,9H,8H2,(H,23,25)(H,24,26). The fraction of sp³-hybridized carbons (Fsp3) is 0.111. The van der Waals surface area contributed by atoms with Crippen molar-refractivity contribution < 1.29 is 22.4 Å². The molecule has 3 aromatic rings. The molecule has 1 aromatic heterocycles. The molecule has 2 aromatic carbocycles. The van der Waals surface area contributed by atoms with Gasteiger partial charge in [-0.25, -0.2) is 4.39 Å². The van der Waals surface area contributed by atoms with Gasteiger partial charge in [-0.2, -0.15) is 13.2 Å². The number of aromatic amines is 1. The van der Waals surface area contributed by atoms with E-state index in [0.29, 0.717) is 5.56 Å². The number of pyridine rings is 1. The molecule has 0 unspecified atom stereocenters. The zero-order valence-corrected chi connectivity index (χ0v) is 13.2. The average molecular weight is 364 g/mol. The lowest BCUT2D eigenvalue weighted by Gasteiger charge is -2.09. The fourth-order valence-corrected chi connectivity index (χ4v) is 2.45. The van der Waals surface area contributed by atoms with Crippen LogP contribution in [0.3, 0.4) is 0 Å². The second kappa shape index (κ2) is 6.62. The Morgan fingerprint density at radius 2 is 1.77 bits per heavy atom. The summed E-state index contributed by atoms with van der Waals surface area (Å²) in [6, 6.07) is 8.09. The van der Waals surface area contributed by atoms with Crippen molar-refractivity contribution >= 4 is 16.8 Å². The SMILES string of the molecule is O=C(NCc1ccc(F)cc1)c1c[nH]c2cc(C(F)(F)F)ccc2c1=O. The van der Waals surface area contributed by atoms with Gasteiger partial charge in [-0.15, -0.1) is 0 Å². The van der Waals surface area contributed by atoms with Crippen LogP contribution in [0, 0.1) is 5.82 Å². The number of amides is 1. The van der Waals surface area contributed by atoms with E-state index >= 15 is 0 Å². The third-order valence-electron chi connectivity index (χ3n) is 3.82. The Labute approximate surface area is 144 Å². The predicted molar refractivity (Wildman–Crippen MR) is 87.1 cm³/mol. The summed E-state index contributed by atoms with van der Waals surface area (Å²) in [5.41, 5.74) is -1.18. The maximum atomic E-state index is 12.9. The summed E-state index contributed by atoms with van der Waals surface area (Å²) in [7, 11) is 0. The fourth-order valence-electron chi connectivity index (χ4n) is 2.45. The van der Waals surface area contributed by atoms with Crippen molar-refractivity contribution in [1.82, 2.24) is 10.3 Å². The summed E-state index contributed by atoms with van der Waals surface area (Å²) in [5, 5.41) is 2.49. The first kappa shape index (κ1) is 17.7. The lowest BCUT2D eigenvalue weighted by atomic mass is 10.1. The number of hydrogen-bond donors (Lipinski definition) is 2. The minimum absolute atomic E-state index is 0.0140. The second-order valence-corrected chi connectivity index (χ2v) is 5.60. The minimum atomic E-state index is -4.53. The molecule has 0 spiro atoms. The third-order valence-corrected chi connectivity index (χ3v) is 3.82. The highest BCUT2D eigenvalue weighted by molar-refractivity contribution is 5.97. The molecule has 3 rings (SSSR count). The summed E-state index contributed by atoms with van der Waals surface area (Å²) in [6.07, 6.45) is -3.46. The number of fused-ring (bicyclic) bond motifs is 1. The van der Waals surface area contributed by atoms with Gasteiger partial charge in [0.05, 0.1) is 5.56 Å². The first-order chi connectivity index (χ1) is 12.3. The van der Waals surface area contributed by atoms with E-state index in [4.69, 9.17) is 0 Å². The smallest absolute Gasteiger partial charge is 0.360 e. The maximum Gasteiger partial charge on any atom is 0.416 e. The Morgan fingerprint density at radius 1 is 1.08 bits per heavy atom. The van der Waals surface area contributed by atoms with Gasteiger partial charge in [-0.05, 0) is 35.9 Å². The molecule has 0 saturated carbocycles. The highest BCUT2D eigenvalue weighted by Gasteiger charge is 2.30. The molecular weight excluding hydrogens is 352 g/mol. The van der Waals surface area contributed by atoms with Crippen LogP contribution in [0.1, 0.15) is 21.5 Å². The average Bonchev–Trinajstić information content (AvgIpc) is 2.60. The first-order valence-electron chi connectivity index (χ1n) is 7.51. The van der Waals surface area contributed by atoms with Gasteiger partial charge in [0.1, 0.15) is 11.4 Å². The minimum Gasteiger partial charge on any atom is -0.360 e. The van der Waals surface area contributed by atoms with Crippen molar-refractivity contribution in [1.29, 1.82) is 0 Å². The van der Waals surface area contributed by atoms with Gasteiger partial charge in [0, 0.05) is 23.6 Å². The Kier molecular flexibility index (Phi) is 4.50. The molecule has 8 heteroatoms. The molecule has 1 amide bonds. The molecule has 4 nitrogen and oxygen atoms in total. The van der Waals surface area contributed by atoms with E-state index in [1.54, 1.807) is 0 Å². The molecule has 0 aliphatic rings. The van der Waals surface area contributed by atoms with Crippen molar-refractivity contribution in [3.63, 3.8) is 0 Å². The van der Waals surface area contributed by atoms with Crippen LogP contribution in [0.5, 0.6) is 0 Å². The molecule has 0 fully saturated rings. The molecule has 0 bridgehead atoms. The number of rotatable bonds is 3. The van der Waals surface area contributed by atoms with E-state index in [0.717, 1.165) is 24.4 Å². The third kappa shape index (κ3) is 3.58. The number of carbonyl (C=O) groups is 1. The quantitative estimate of drug-likeness (QED) is 0.698. The Bertz CT molecular complexity index is 1020. The van der Waals surface area contributed by atoms with Crippen LogP contribution in [0.4, 0.5) is 17.6 Å². The van der Waals surface area contributed by atoms with Crippen LogP contribution in [0.15, 0.2) is 53.5 Å². The van der Waals surface area contributed by atoms with Crippen LogP contribution in [-0.2, 0) is 12.7 Å². The van der Waals surface area contributed by atoms with E-state index in [2.05, 4.69) is 10.3 Å². The van der Waals surface area contributed by atoms with Crippen LogP contribution in [-0.4, -0.2) is 10.9 Å². The molecule has 0 aliphatic carbocycles. The van der Waals surface area contributed by atoms with Crippen molar-refractivity contribution in [2.75, 3.05) is 0 Å². The van der Waals surface area contributed by atoms with E-state index in [-0.39, 0.29) is 23.0 Å². The van der Waals surface area contributed by atoms with E-state index in [1.807, 2.05) is 0 Å². The highest BCUT2D eigenvalue weighted by atomic mass is 19.4. The molecule has 0 saturated heterocycles. The lowest BCUT2D eigenvalue weighted by molar-refractivity contribution is -0.137. The number of aromatic nitrogens is 1. The number of hydrogen-bond acceptors (Lipinski definition) is 2. The Balaban J connectivity index is 1.85. The van der Waals surface area contributed by atoms with Crippen molar-refractivity contribution in [2.24, 2.45) is 0 Å². The predicted octanol–water partition coefficient (Wildman–Crippen LogP) is 3.62. The van der Waals surface area contributed by atoms with E-state index < -0.39 is 28.9 Å². The Hall–Kier alpha value is -3.16. The second-order valence-electron chi connectivity index (χ2n) is 5.60. The molecule has 1 heterocycles. The molecule has 134 valence electrons.